The van der Waals surface area contributed by atoms with Crippen molar-refractivity contribution in [1.82, 2.24) is 14.1 Å². The predicted molar refractivity (Wildman–Crippen MR) is 81.9 cm³/mol. The van der Waals surface area contributed by atoms with Gasteiger partial charge in [-0.2, -0.15) is 5.26 Å². The molecule has 23 heavy (non-hydrogen) atoms. The molecule has 2 atom stereocenters. The molecule has 10 heteroatoms. The number of amides is 3. The van der Waals surface area contributed by atoms with Crippen LogP contribution in [0.5, 0.6) is 0 Å². The van der Waals surface area contributed by atoms with Crippen LogP contribution in [-0.2, 0) is 14.8 Å². The average Bonchev–Trinajstić information content (AvgIpc) is 2.50. The monoisotopic (exact) mass is 341 g/mol. The molecule has 2 heterocycles. The van der Waals surface area contributed by atoms with Crippen molar-refractivity contribution < 1.29 is 18.0 Å². The lowest BCUT2D eigenvalue weighted by Crippen LogP contribution is -2.57. The fourth-order valence-electron chi connectivity index (χ4n) is 2.70. The van der Waals surface area contributed by atoms with E-state index in [0.717, 1.165) is 11.2 Å². The van der Waals surface area contributed by atoms with Crippen molar-refractivity contribution in [3.05, 3.63) is 0 Å². The summed E-state index contributed by atoms with van der Waals surface area (Å²) >= 11 is 0. The van der Waals surface area contributed by atoms with Crippen molar-refractivity contribution in [1.29, 1.82) is 5.26 Å². The Labute approximate surface area is 135 Å². The quantitative estimate of drug-likeness (QED) is 0.670. The molecule has 0 N–H and O–H groups in total. The highest BCUT2D eigenvalue weighted by Gasteiger charge is 2.41. The molecule has 2 rings (SSSR count). The molecule has 2 aliphatic rings. The Bertz CT molecular complexity index is 696. The maximum Gasteiger partial charge on any atom is 0.331 e. The largest absolute Gasteiger partial charge is 0.331 e. The average molecular weight is 341 g/mol. The SMILES string of the molecule is CN1C(=O)C(C#N)C(=NC2CCCN(S(C)(=O)=O)C2)N(C)C1=O. The zero-order chi connectivity index (χ0) is 17.4. The lowest BCUT2D eigenvalue weighted by Gasteiger charge is -2.35. The molecule has 2 fully saturated rings. The first-order chi connectivity index (χ1) is 10.7. The number of nitrogens with zero attached hydrogens (tertiary/aromatic N) is 5. The van der Waals surface area contributed by atoms with E-state index in [1.165, 1.54) is 23.3 Å². The van der Waals surface area contributed by atoms with E-state index < -0.39 is 27.9 Å². The summed E-state index contributed by atoms with van der Waals surface area (Å²) in [6.45, 7) is 0.616. The van der Waals surface area contributed by atoms with E-state index in [9.17, 15) is 23.3 Å². The minimum Gasteiger partial charge on any atom is -0.283 e. The molecule has 2 saturated heterocycles. The second-order valence-electron chi connectivity index (χ2n) is 5.71. The van der Waals surface area contributed by atoms with Gasteiger partial charge in [-0.25, -0.2) is 17.5 Å². The predicted octanol–water partition coefficient (Wildman–Crippen LogP) is -0.528. The number of amidine groups is 1. The number of carbonyl (C=O) groups excluding carboxylic acids is 2. The molecule has 0 aromatic heterocycles. The Hall–Kier alpha value is -1.99. The topological polar surface area (TPSA) is 114 Å². The molecule has 0 spiro atoms. The smallest absolute Gasteiger partial charge is 0.283 e. The molecule has 0 bridgehead atoms. The van der Waals surface area contributed by atoms with Crippen LogP contribution >= 0.6 is 0 Å². The van der Waals surface area contributed by atoms with Gasteiger partial charge in [-0.3, -0.25) is 19.6 Å². The Kier molecular flexibility index (Phi) is 4.72. The molecule has 0 aromatic carbocycles. The number of hydrogen-bond donors (Lipinski definition) is 0. The Balaban J connectivity index is 2.30. The minimum atomic E-state index is -3.32. The van der Waals surface area contributed by atoms with E-state index >= 15 is 0 Å². The van der Waals surface area contributed by atoms with E-state index in [4.69, 9.17) is 0 Å². The fourth-order valence-corrected chi connectivity index (χ4v) is 3.61. The van der Waals surface area contributed by atoms with E-state index in [2.05, 4.69) is 4.99 Å². The number of urea groups is 1. The summed E-state index contributed by atoms with van der Waals surface area (Å²) in [5.74, 6) is -1.69. The maximum absolute atomic E-state index is 12.1. The van der Waals surface area contributed by atoms with Gasteiger partial charge in [0.2, 0.25) is 10.0 Å². The summed E-state index contributed by atoms with van der Waals surface area (Å²) in [5.41, 5.74) is 0. The van der Waals surface area contributed by atoms with Crippen LogP contribution < -0.4 is 0 Å². The summed E-state index contributed by atoms with van der Waals surface area (Å²) in [7, 11) is -0.555. The first-order valence-electron chi connectivity index (χ1n) is 7.14. The van der Waals surface area contributed by atoms with Crippen LogP contribution in [-0.4, -0.2) is 79.8 Å². The standard InChI is InChI=1S/C13H19N5O4S/c1-16-11(10(7-14)12(19)17(2)13(16)20)15-9-5-4-6-18(8-9)23(3,21)22/h9-10H,4-6,8H2,1-3H3. The minimum absolute atomic E-state index is 0.0842. The summed E-state index contributed by atoms with van der Waals surface area (Å²) in [6.07, 6.45) is 2.41. The number of nitriles is 1. The third-order valence-electron chi connectivity index (χ3n) is 4.03. The number of hydrogen-bond acceptors (Lipinski definition) is 6. The molecular weight excluding hydrogens is 322 g/mol. The molecule has 2 aliphatic heterocycles. The summed E-state index contributed by atoms with van der Waals surface area (Å²) in [4.78, 5) is 30.5. The van der Waals surface area contributed by atoms with Gasteiger partial charge in [0.15, 0.2) is 5.92 Å². The number of aliphatic imine (C=N–C) groups is 1. The van der Waals surface area contributed by atoms with Crippen molar-refractivity contribution in [2.24, 2.45) is 10.9 Å². The van der Waals surface area contributed by atoms with Gasteiger partial charge in [-0.05, 0) is 12.8 Å². The molecule has 0 radical (unpaired) electrons. The Morgan fingerprint density at radius 2 is 1.91 bits per heavy atom. The zero-order valence-corrected chi connectivity index (χ0v) is 14.1. The number of piperidine rings is 1. The van der Waals surface area contributed by atoms with Crippen LogP contribution in [0, 0.1) is 17.2 Å². The number of sulfonamides is 1. The van der Waals surface area contributed by atoms with Gasteiger partial charge >= 0.3 is 6.03 Å². The van der Waals surface area contributed by atoms with Gasteiger partial charge in [0.1, 0.15) is 5.84 Å². The van der Waals surface area contributed by atoms with E-state index in [1.54, 1.807) is 0 Å². The lowest BCUT2D eigenvalue weighted by atomic mass is 10.0. The lowest BCUT2D eigenvalue weighted by molar-refractivity contribution is -0.129. The maximum atomic E-state index is 12.1. The van der Waals surface area contributed by atoms with Crippen LogP contribution in [0.15, 0.2) is 4.99 Å². The highest BCUT2D eigenvalue weighted by molar-refractivity contribution is 7.88. The Morgan fingerprint density at radius 1 is 1.26 bits per heavy atom. The third-order valence-corrected chi connectivity index (χ3v) is 5.30. The van der Waals surface area contributed by atoms with Gasteiger partial charge in [0.25, 0.3) is 5.91 Å². The number of imide groups is 1. The van der Waals surface area contributed by atoms with Crippen LogP contribution in [0.4, 0.5) is 4.79 Å². The molecule has 3 amide bonds. The van der Waals surface area contributed by atoms with E-state index in [1.807, 2.05) is 6.07 Å². The molecule has 0 saturated carbocycles. The van der Waals surface area contributed by atoms with Gasteiger partial charge in [0, 0.05) is 27.2 Å². The normalized spacial score (nSPS) is 29.0. The zero-order valence-electron chi connectivity index (χ0n) is 13.3. The van der Waals surface area contributed by atoms with Crippen LogP contribution in [0.3, 0.4) is 0 Å². The number of carbonyl (C=O) groups is 2. The summed E-state index contributed by atoms with van der Waals surface area (Å²) in [5, 5.41) is 9.24. The van der Waals surface area contributed by atoms with Crippen molar-refractivity contribution in [2.75, 3.05) is 33.4 Å². The van der Waals surface area contributed by atoms with Gasteiger partial charge in [-0.15, -0.1) is 0 Å². The van der Waals surface area contributed by atoms with Crippen LogP contribution in [0.25, 0.3) is 0 Å². The molecule has 2 unspecified atom stereocenters. The summed E-state index contributed by atoms with van der Waals surface area (Å²) < 4.78 is 24.6. The molecule has 0 aliphatic carbocycles. The first kappa shape index (κ1) is 17.4. The van der Waals surface area contributed by atoms with Gasteiger partial charge < -0.3 is 0 Å². The second-order valence-corrected chi connectivity index (χ2v) is 7.69. The van der Waals surface area contributed by atoms with Crippen LogP contribution in [0.1, 0.15) is 12.8 Å². The third kappa shape index (κ3) is 3.35. The van der Waals surface area contributed by atoms with Crippen molar-refractivity contribution >= 4 is 27.8 Å². The highest BCUT2D eigenvalue weighted by atomic mass is 32.2. The first-order valence-corrected chi connectivity index (χ1v) is 8.99. The number of rotatable bonds is 2. The van der Waals surface area contributed by atoms with Crippen LogP contribution in [0.2, 0.25) is 0 Å². The second kappa shape index (κ2) is 6.25. The van der Waals surface area contributed by atoms with Gasteiger partial charge in [0.05, 0.1) is 18.4 Å². The fraction of sp³-hybridized carbons (Fsp3) is 0.692. The molecule has 0 aromatic rings. The molecule has 9 nitrogen and oxygen atoms in total. The van der Waals surface area contributed by atoms with Crippen molar-refractivity contribution in [3.8, 4) is 6.07 Å². The van der Waals surface area contributed by atoms with Crippen molar-refractivity contribution in [3.63, 3.8) is 0 Å². The van der Waals surface area contributed by atoms with E-state index in [-0.39, 0.29) is 18.4 Å². The van der Waals surface area contributed by atoms with Crippen molar-refractivity contribution in [2.45, 2.75) is 18.9 Å². The van der Waals surface area contributed by atoms with Gasteiger partial charge in [-0.1, -0.05) is 0 Å². The molecule has 126 valence electrons. The molecular formula is C13H19N5O4S. The highest BCUT2D eigenvalue weighted by Crippen LogP contribution is 2.21. The summed E-state index contributed by atoms with van der Waals surface area (Å²) in [6, 6.07) is 0.930. The van der Waals surface area contributed by atoms with E-state index in [0.29, 0.717) is 19.4 Å². The Morgan fingerprint density at radius 3 is 2.48 bits per heavy atom.